The van der Waals surface area contributed by atoms with E-state index in [0.29, 0.717) is 5.95 Å². The smallest absolute Gasteiger partial charge is 0.250 e. The van der Waals surface area contributed by atoms with E-state index >= 15 is 0 Å². The third-order valence-electron chi connectivity index (χ3n) is 2.16. The molecular weight excluding hydrogens is 216 g/mol. The molecule has 1 aromatic carbocycles. The van der Waals surface area contributed by atoms with Crippen molar-refractivity contribution in [1.29, 1.82) is 0 Å². The summed E-state index contributed by atoms with van der Waals surface area (Å²) in [6.07, 6.45) is 4.53. The number of aromatic nitrogens is 3. The maximum Gasteiger partial charge on any atom is 0.250 e. The Bertz CT molecular complexity index is 514. The summed E-state index contributed by atoms with van der Waals surface area (Å²) < 4.78 is 0. The van der Waals surface area contributed by atoms with Gasteiger partial charge in [-0.3, -0.25) is 10.1 Å². The molecule has 5 nitrogen and oxygen atoms in total. The molecule has 17 heavy (non-hydrogen) atoms. The maximum atomic E-state index is 11.5. The largest absolute Gasteiger partial charge is 0.291 e. The average molecular weight is 228 g/mol. The number of anilines is 1. The monoisotopic (exact) mass is 228 g/mol. The predicted molar refractivity (Wildman–Crippen MR) is 65.2 cm³/mol. The number of nitrogens with one attached hydrogen (secondary N) is 2. The molecule has 2 N–H and O–H groups in total. The second-order valence-electron chi connectivity index (χ2n) is 3.57. The number of aryl methyl sites for hydroxylation is 1. The van der Waals surface area contributed by atoms with E-state index < -0.39 is 0 Å². The van der Waals surface area contributed by atoms with Gasteiger partial charge in [-0.05, 0) is 18.6 Å². The number of aromatic amines is 1. The molecule has 0 aliphatic carbocycles. The van der Waals surface area contributed by atoms with Gasteiger partial charge in [-0.1, -0.05) is 29.8 Å². The SMILES string of the molecule is Cc1ccc(/C=C/C(=O)Nc2ncn[nH]2)cc1. The summed E-state index contributed by atoms with van der Waals surface area (Å²) in [6, 6.07) is 7.89. The third-order valence-corrected chi connectivity index (χ3v) is 2.16. The molecule has 0 radical (unpaired) electrons. The minimum atomic E-state index is -0.248. The van der Waals surface area contributed by atoms with Crippen LogP contribution in [0.25, 0.3) is 6.08 Å². The van der Waals surface area contributed by atoms with Gasteiger partial charge in [0.05, 0.1) is 0 Å². The van der Waals surface area contributed by atoms with E-state index in [1.54, 1.807) is 6.08 Å². The van der Waals surface area contributed by atoms with Gasteiger partial charge in [-0.25, -0.2) is 5.10 Å². The zero-order valence-electron chi connectivity index (χ0n) is 9.34. The number of benzene rings is 1. The number of amides is 1. The van der Waals surface area contributed by atoms with E-state index in [0.717, 1.165) is 5.56 Å². The minimum Gasteiger partial charge on any atom is -0.291 e. The van der Waals surface area contributed by atoms with Crippen molar-refractivity contribution in [2.24, 2.45) is 0 Å². The second-order valence-corrected chi connectivity index (χ2v) is 3.57. The van der Waals surface area contributed by atoms with Crippen molar-refractivity contribution >= 4 is 17.9 Å². The van der Waals surface area contributed by atoms with E-state index in [4.69, 9.17) is 0 Å². The first kappa shape index (κ1) is 11.1. The molecule has 2 rings (SSSR count). The summed E-state index contributed by atoms with van der Waals surface area (Å²) in [5.41, 5.74) is 2.16. The molecule has 0 bridgehead atoms. The van der Waals surface area contributed by atoms with Gasteiger partial charge in [0, 0.05) is 6.08 Å². The molecule has 0 aliphatic rings. The van der Waals surface area contributed by atoms with Crippen molar-refractivity contribution in [1.82, 2.24) is 15.2 Å². The van der Waals surface area contributed by atoms with Crippen LogP contribution in [0.1, 0.15) is 11.1 Å². The molecule has 0 fully saturated rings. The van der Waals surface area contributed by atoms with E-state index in [2.05, 4.69) is 20.5 Å². The van der Waals surface area contributed by atoms with Crippen molar-refractivity contribution in [2.75, 3.05) is 5.32 Å². The summed E-state index contributed by atoms with van der Waals surface area (Å²) >= 11 is 0. The van der Waals surface area contributed by atoms with Crippen molar-refractivity contribution in [3.05, 3.63) is 47.8 Å². The van der Waals surface area contributed by atoms with Crippen molar-refractivity contribution < 1.29 is 4.79 Å². The first-order valence-corrected chi connectivity index (χ1v) is 5.15. The fraction of sp³-hybridized carbons (Fsp3) is 0.0833. The van der Waals surface area contributed by atoms with Gasteiger partial charge in [0.1, 0.15) is 6.33 Å². The molecule has 0 saturated heterocycles. The van der Waals surface area contributed by atoms with Crippen LogP contribution in [0.4, 0.5) is 5.95 Å². The Morgan fingerprint density at radius 3 is 2.76 bits per heavy atom. The summed E-state index contributed by atoms with van der Waals surface area (Å²) in [7, 11) is 0. The molecular formula is C12H12N4O. The first-order chi connectivity index (χ1) is 8.24. The molecule has 1 heterocycles. The summed E-state index contributed by atoms with van der Waals surface area (Å²) in [5, 5.41) is 8.72. The van der Waals surface area contributed by atoms with Gasteiger partial charge >= 0.3 is 0 Å². The highest BCUT2D eigenvalue weighted by molar-refractivity contribution is 6.00. The Labute approximate surface area is 98.6 Å². The topological polar surface area (TPSA) is 70.7 Å². The number of carbonyl (C=O) groups excluding carboxylic acids is 1. The number of nitrogens with zero attached hydrogens (tertiary/aromatic N) is 2. The Morgan fingerprint density at radius 1 is 1.35 bits per heavy atom. The van der Waals surface area contributed by atoms with Gasteiger partial charge in [0.2, 0.25) is 5.95 Å². The summed E-state index contributed by atoms with van der Waals surface area (Å²) in [5.74, 6) is 0.0888. The quantitative estimate of drug-likeness (QED) is 0.786. The van der Waals surface area contributed by atoms with Crippen molar-refractivity contribution in [2.45, 2.75) is 6.92 Å². The molecule has 86 valence electrons. The molecule has 0 saturated carbocycles. The maximum absolute atomic E-state index is 11.5. The standard InChI is InChI=1S/C12H12N4O/c1-9-2-4-10(5-3-9)6-7-11(17)15-12-13-8-14-16-12/h2-8H,1H3,(H2,13,14,15,16,17)/b7-6+. The molecule has 2 aromatic rings. The summed E-state index contributed by atoms with van der Waals surface area (Å²) in [6.45, 7) is 2.02. The van der Waals surface area contributed by atoms with Crippen molar-refractivity contribution in [3.8, 4) is 0 Å². The van der Waals surface area contributed by atoms with Crippen molar-refractivity contribution in [3.63, 3.8) is 0 Å². The lowest BCUT2D eigenvalue weighted by atomic mass is 10.1. The molecule has 0 spiro atoms. The Balaban J connectivity index is 1.96. The van der Waals surface area contributed by atoms with Gasteiger partial charge in [-0.2, -0.15) is 10.1 Å². The van der Waals surface area contributed by atoms with E-state index in [1.807, 2.05) is 31.2 Å². The van der Waals surface area contributed by atoms with Gasteiger partial charge in [0.25, 0.3) is 5.91 Å². The molecule has 1 amide bonds. The lowest BCUT2D eigenvalue weighted by Gasteiger charge is -1.96. The molecule has 0 atom stereocenters. The Hall–Kier alpha value is -2.43. The fourth-order valence-corrected chi connectivity index (χ4v) is 1.27. The van der Waals surface area contributed by atoms with Crippen LogP contribution in [0.15, 0.2) is 36.7 Å². The van der Waals surface area contributed by atoms with Crippen LogP contribution in [-0.4, -0.2) is 21.1 Å². The highest BCUT2D eigenvalue weighted by Crippen LogP contribution is 2.05. The number of carbonyl (C=O) groups is 1. The van der Waals surface area contributed by atoms with Gasteiger partial charge < -0.3 is 0 Å². The third kappa shape index (κ3) is 3.27. The highest BCUT2D eigenvalue weighted by atomic mass is 16.1. The lowest BCUT2D eigenvalue weighted by molar-refractivity contribution is -0.111. The average Bonchev–Trinajstić information content (AvgIpc) is 2.81. The van der Waals surface area contributed by atoms with Crippen LogP contribution in [0, 0.1) is 6.92 Å². The number of H-pyrrole nitrogens is 1. The fourth-order valence-electron chi connectivity index (χ4n) is 1.27. The zero-order valence-corrected chi connectivity index (χ0v) is 9.34. The lowest BCUT2D eigenvalue weighted by Crippen LogP contribution is -2.08. The Kier molecular flexibility index (Phi) is 3.30. The van der Waals surface area contributed by atoms with Crippen LogP contribution in [0.2, 0.25) is 0 Å². The van der Waals surface area contributed by atoms with Crippen LogP contribution < -0.4 is 5.32 Å². The first-order valence-electron chi connectivity index (χ1n) is 5.15. The molecule has 0 aliphatic heterocycles. The van der Waals surface area contributed by atoms with E-state index in [-0.39, 0.29) is 5.91 Å². The van der Waals surface area contributed by atoms with Crippen LogP contribution in [0.3, 0.4) is 0 Å². The number of hydrogen-bond donors (Lipinski definition) is 2. The predicted octanol–water partition coefficient (Wildman–Crippen LogP) is 1.77. The molecule has 5 heteroatoms. The number of rotatable bonds is 3. The zero-order chi connectivity index (χ0) is 12.1. The van der Waals surface area contributed by atoms with E-state index in [9.17, 15) is 4.79 Å². The highest BCUT2D eigenvalue weighted by Gasteiger charge is 1.98. The van der Waals surface area contributed by atoms with Gasteiger partial charge in [-0.15, -0.1) is 0 Å². The van der Waals surface area contributed by atoms with Crippen LogP contribution >= 0.6 is 0 Å². The molecule has 0 unspecified atom stereocenters. The minimum absolute atomic E-state index is 0.248. The van der Waals surface area contributed by atoms with Crippen LogP contribution in [0.5, 0.6) is 0 Å². The normalized spacial score (nSPS) is 10.6. The van der Waals surface area contributed by atoms with Gasteiger partial charge in [0.15, 0.2) is 0 Å². The second kappa shape index (κ2) is 5.07. The molecule has 1 aromatic heterocycles. The Morgan fingerprint density at radius 2 is 2.12 bits per heavy atom. The summed E-state index contributed by atoms with van der Waals surface area (Å²) in [4.78, 5) is 15.3. The number of hydrogen-bond acceptors (Lipinski definition) is 3. The van der Waals surface area contributed by atoms with E-state index in [1.165, 1.54) is 18.0 Å². The van der Waals surface area contributed by atoms with Crippen LogP contribution in [-0.2, 0) is 4.79 Å².